The van der Waals surface area contributed by atoms with Crippen LogP contribution in [-0.4, -0.2) is 46.2 Å². The van der Waals surface area contributed by atoms with Crippen LogP contribution >= 0.6 is 0 Å². The predicted octanol–water partition coefficient (Wildman–Crippen LogP) is -6.80. The van der Waals surface area contributed by atoms with E-state index in [1.54, 1.807) is 6.92 Å². The molecule has 3 unspecified atom stereocenters. The van der Waals surface area contributed by atoms with Gasteiger partial charge < -0.3 is 43.4 Å². The molecule has 0 fully saturated rings. The summed E-state index contributed by atoms with van der Waals surface area (Å²) in [5.74, 6) is -4.64. The second kappa shape index (κ2) is 38.5. The van der Waals surface area contributed by atoms with Gasteiger partial charge in [0.2, 0.25) is 23.6 Å². The van der Waals surface area contributed by atoms with E-state index in [1.165, 1.54) is 6.92 Å². The Morgan fingerprint density at radius 3 is 1.14 bits per heavy atom. The monoisotopic (exact) mass is 550 g/mol. The molecule has 10 N–H and O–H groups in total. The summed E-state index contributed by atoms with van der Waals surface area (Å²) in [4.78, 5) is 59.4. The Bertz CT molecular complexity index is 648. The molecule has 0 aromatic carbocycles. The van der Waals surface area contributed by atoms with Gasteiger partial charge in [-0.15, -0.1) is 0 Å². The van der Waals surface area contributed by atoms with Crippen LogP contribution in [0.15, 0.2) is 38.0 Å². The molecule has 0 bridgehead atoms. The van der Waals surface area contributed by atoms with Crippen LogP contribution in [-0.2, 0) is 28.8 Å². The summed E-state index contributed by atoms with van der Waals surface area (Å²) in [7, 11) is 0. The Kier molecular flexibility index (Phi) is 57.8. The second-order valence-corrected chi connectivity index (χ2v) is 6.43. The van der Waals surface area contributed by atoms with Gasteiger partial charge in [0.15, 0.2) is 0 Å². The van der Waals surface area contributed by atoms with Crippen molar-refractivity contribution in [2.24, 2.45) is 40.7 Å². The molecule has 0 aliphatic rings. The maximum atomic E-state index is 10.7. The van der Waals surface area contributed by atoms with Crippen molar-refractivity contribution in [3.8, 4) is 0 Å². The average Bonchev–Trinajstić information content (AvgIpc) is 2.77. The van der Waals surface area contributed by atoms with Crippen LogP contribution in [0.25, 0.3) is 0 Å². The molecule has 37 heavy (non-hydrogen) atoms. The van der Waals surface area contributed by atoms with Crippen molar-refractivity contribution < 1.29 is 104 Å². The van der Waals surface area contributed by atoms with Crippen LogP contribution < -0.4 is 87.2 Å². The molecule has 15 heteroatoms. The summed E-state index contributed by atoms with van der Waals surface area (Å²) < 4.78 is 0. The van der Waals surface area contributed by atoms with E-state index in [1.807, 2.05) is 13.8 Å². The minimum absolute atomic E-state index is 0. The maximum Gasteiger partial charge on any atom is 1.00 e. The fourth-order valence-electron chi connectivity index (χ4n) is 1.21. The number of carboxylic acid groups (broad SMARTS) is 2. The van der Waals surface area contributed by atoms with Crippen molar-refractivity contribution in [2.75, 3.05) is 0 Å². The first-order chi connectivity index (χ1) is 15.5. The second-order valence-electron chi connectivity index (χ2n) is 6.43. The summed E-state index contributed by atoms with van der Waals surface area (Å²) >= 11 is 0. The van der Waals surface area contributed by atoms with Gasteiger partial charge in [0.05, 0.1) is 0 Å². The minimum atomic E-state index is -1.13. The summed E-state index contributed by atoms with van der Waals surface area (Å²) in [5, 5.41) is 17.9. The molecular weight excluding hydrogens is 510 g/mol. The largest absolute Gasteiger partial charge is 1.00 e. The molecule has 13 nitrogen and oxygen atoms in total. The number of aliphatic carboxylic acids is 2. The molecule has 0 radical (unpaired) electrons. The molecule has 0 aliphatic carbocycles. The maximum absolute atomic E-state index is 10.7. The van der Waals surface area contributed by atoms with Gasteiger partial charge in [0, 0.05) is 23.9 Å². The Balaban J connectivity index is -0.0000000491. The Hall–Kier alpha value is -2.00. The summed E-state index contributed by atoms with van der Waals surface area (Å²) in [6, 6.07) is 0. The quantitative estimate of drug-likeness (QED) is 0.127. The SMILES string of the molecule is C=CC(=O)O.C=CC(N)=O.C=CC(N)=O.CCC(C)C(N)=O.CCC(CC(C)C(=O)[O-])C(N)=O.[Na+].[Na+].[OH-]. The zero-order valence-corrected chi connectivity index (χ0v) is 26.8. The van der Waals surface area contributed by atoms with Gasteiger partial charge in [-0.2, -0.15) is 0 Å². The van der Waals surface area contributed by atoms with Crippen LogP contribution in [0.2, 0.25) is 0 Å². The molecule has 0 rings (SSSR count). The zero-order chi connectivity index (χ0) is 28.4. The van der Waals surface area contributed by atoms with Crippen LogP contribution in [0, 0.1) is 17.8 Å². The molecule has 0 spiro atoms. The van der Waals surface area contributed by atoms with Gasteiger partial charge in [0.25, 0.3) is 0 Å². The molecule has 4 amide bonds. The smallest absolute Gasteiger partial charge is 0.870 e. The standard InChI is InChI=1S/C8H15NO3.C5H11NO.2C3H5NO.C3H4O2.2Na.H2O/c1-3-6(7(9)10)4-5(2)8(11)12;1-3-4(2)5(6)7;3*1-2-3(4)5;;;/h5-6H,3-4H2,1-2H3,(H2,9,10)(H,11,12);4H,3H2,1-2H3,(H2,6,7);2*2H,1H2,(H2,4,5);2H,1H2,(H,4,5);;;1H2/q;;;;;2*+1;/p-2. The van der Waals surface area contributed by atoms with Gasteiger partial charge in [0.1, 0.15) is 0 Å². The van der Waals surface area contributed by atoms with E-state index in [4.69, 9.17) is 16.6 Å². The molecule has 0 aliphatic heterocycles. The first-order valence-electron chi connectivity index (χ1n) is 9.97. The van der Waals surface area contributed by atoms with E-state index in [0.29, 0.717) is 6.42 Å². The molecule has 0 aromatic heterocycles. The van der Waals surface area contributed by atoms with E-state index < -0.39 is 35.6 Å². The van der Waals surface area contributed by atoms with Gasteiger partial charge in [-0.3, -0.25) is 19.2 Å². The third-order valence-corrected chi connectivity index (χ3v) is 3.61. The average molecular weight is 551 g/mol. The zero-order valence-electron chi connectivity index (χ0n) is 22.8. The Morgan fingerprint density at radius 2 is 1.05 bits per heavy atom. The van der Waals surface area contributed by atoms with Crippen molar-refractivity contribution in [2.45, 2.75) is 47.0 Å². The van der Waals surface area contributed by atoms with Crippen molar-refractivity contribution in [1.82, 2.24) is 0 Å². The van der Waals surface area contributed by atoms with Gasteiger partial charge in [-0.1, -0.05) is 47.4 Å². The number of hydrogen-bond acceptors (Lipinski definition) is 8. The number of primary amides is 4. The molecule has 0 saturated heterocycles. The van der Waals surface area contributed by atoms with Crippen molar-refractivity contribution >= 4 is 35.6 Å². The number of carbonyl (C=O) groups excluding carboxylic acids is 5. The first-order valence-corrected chi connectivity index (χ1v) is 9.97. The fraction of sp³-hybridized carbons (Fsp3) is 0.455. The topological polar surface area (TPSA) is 280 Å². The molecule has 204 valence electrons. The van der Waals surface area contributed by atoms with Crippen LogP contribution in [0.4, 0.5) is 0 Å². The fourth-order valence-corrected chi connectivity index (χ4v) is 1.21. The number of carbonyl (C=O) groups is 6. The van der Waals surface area contributed by atoms with E-state index in [-0.39, 0.29) is 88.8 Å². The van der Waals surface area contributed by atoms with Gasteiger partial charge >= 0.3 is 65.1 Å². The van der Waals surface area contributed by atoms with Crippen LogP contribution in [0.1, 0.15) is 47.0 Å². The molecular formula is C22H40N4Na2O9. The van der Waals surface area contributed by atoms with E-state index in [2.05, 4.69) is 31.2 Å². The van der Waals surface area contributed by atoms with Crippen LogP contribution in [0.3, 0.4) is 0 Å². The van der Waals surface area contributed by atoms with E-state index in [0.717, 1.165) is 24.6 Å². The Labute approximate surface area is 263 Å². The molecule has 0 heterocycles. The third kappa shape index (κ3) is 60.4. The first kappa shape index (κ1) is 55.5. The van der Waals surface area contributed by atoms with Gasteiger partial charge in [-0.25, -0.2) is 4.79 Å². The van der Waals surface area contributed by atoms with Crippen molar-refractivity contribution in [1.29, 1.82) is 0 Å². The number of hydrogen-bond donors (Lipinski definition) is 5. The minimum Gasteiger partial charge on any atom is -0.870 e. The van der Waals surface area contributed by atoms with Crippen molar-refractivity contribution in [3.63, 3.8) is 0 Å². The summed E-state index contributed by atoms with van der Waals surface area (Å²) in [6.45, 7) is 16.2. The van der Waals surface area contributed by atoms with E-state index in [9.17, 15) is 33.9 Å². The number of rotatable bonds is 10. The molecule has 0 saturated carbocycles. The number of carboxylic acids is 2. The summed E-state index contributed by atoms with van der Waals surface area (Å²) in [6.07, 6.45) is 4.64. The number of nitrogens with two attached hydrogens (primary N) is 4. The Morgan fingerprint density at radius 1 is 0.757 bits per heavy atom. The van der Waals surface area contributed by atoms with E-state index >= 15 is 0 Å². The molecule has 0 aromatic rings. The van der Waals surface area contributed by atoms with Crippen LogP contribution in [0.5, 0.6) is 0 Å². The summed E-state index contributed by atoms with van der Waals surface area (Å²) in [5.41, 5.74) is 19.0. The third-order valence-electron chi connectivity index (χ3n) is 3.61. The van der Waals surface area contributed by atoms with Crippen molar-refractivity contribution in [3.05, 3.63) is 38.0 Å². The normalized spacial score (nSPS) is 10.1. The number of amides is 4. The van der Waals surface area contributed by atoms with Gasteiger partial charge in [-0.05, 0) is 37.3 Å². The predicted molar refractivity (Wildman–Crippen MR) is 129 cm³/mol. The molecule has 3 atom stereocenters.